The van der Waals surface area contributed by atoms with E-state index in [0.717, 1.165) is 30.8 Å². The predicted molar refractivity (Wildman–Crippen MR) is 80.9 cm³/mol. The largest absolute Gasteiger partial charge is 0.494 e. The van der Waals surface area contributed by atoms with Gasteiger partial charge < -0.3 is 4.74 Å². The van der Waals surface area contributed by atoms with Crippen LogP contribution in [0, 0.1) is 6.92 Å². The minimum absolute atomic E-state index is 0.0511. The van der Waals surface area contributed by atoms with Crippen molar-refractivity contribution in [2.75, 3.05) is 6.61 Å². The number of aryl methyl sites for hydroxylation is 1. The summed E-state index contributed by atoms with van der Waals surface area (Å²) in [5.41, 5.74) is 1.27. The summed E-state index contributed by atoms with van der Waals surface area (Å²) in [6.45, 7) is 4.73. The number of hydrogen-bond acceptors (Lipinski definition) is 4. The number of Topliss-reactive ketones (excluding diaryl/α,β-unsaturated/α-hetero) is 1. The van der Waals surface area contributed by atoms with E-state index in [2.05, 4.69) is 10.3 Å². The van der Waals surface area contributed by atoms with Crippen molar-refractivity contribution in [2.45, 2.75) is 33.2 Å². The first kappa shape index (κ1) is 15.5. The molecule has 2 rings (SSSR count). The number of ketones is 1. The maximum absolute atomic E-state index is 11.3. The Kier molecular flexibility index (Phi) is 5.33. The van der Waals surface area contributed by atoms with E-state index >= 15 is 0 Å². The molecule has 112 valence electrons. The molecular weight excluding hydrogens is 290 g/mol. The molecule has 0 radical (unpaired) electrons. The normalized spacial score (nSPS) is 10.6. The fourth-order valence-electron chi connectivity index (χ4n) is 1.98. The number of unbranched alkanes of at least 4 members (excludes halogenated alkanes) is 1. The van der Waals surface area contributed by atoms with E-state index in [-0.39, 0.29) is 5.78 Å². The van der Waals surface area contributed by atoms with Crippen molar-refractivity contribution >= 4 is 17.4 Å². The van der Waals surface area contributed by atoms with Gasteiger partial charge in [0.25, 0.3) is 0 Å². The molecule has 0 amide bonds. The molecule has 0 fully saturated rings. The molecular formula is C15H18ClN3O2. The summed E-state index contributed by atoms with van der Waals surface area (Å²) >= 11 is 5.81. The van der Waals surface area contributed by atoms with Crippen LogP contribution in [0.4, 0.5) is 0 Å². The van der Waals surface area contributed by atoms with Gasteiger partial charge in [0.2, 0.25) is 0 Å². The van der Waals surface area contributed by atoms with Gasteiger partial charge in [-0.05, 0) is 44.0 Å². The van der Waals surface area contributed by atoms with E-state index in [1.165, 1.54) is 6.92 Å². The quantitative estimate of drug-likeness (QED) is 0.582. The number of ether oxygens (including phenoxy) is 1. The van der Waals surface area contributed by atoms with Crippen LogP contribution in [0.5, 0.6) is 5.75 Å². The summed E-state index contributed by atoms with van der Waals surface area (Å²) in [5.74, 6) is 0.764. The third-order valence-corrected chi connectivity index (χ3v) is 3.41. The molecule has 21 heavy (non-hydrogen) atoms. The molecule has 0 N–H and O–H groups in total. The zero-order valence-corrected chi connectivity index (χ0v) is 12.9. The van der Waals surface area contributed by atoms with Gasteiger partial charge in [0, 0.05) is 18.5 Å². The first-order valence-electron chi connectivity index (χ1n) is 6.87. The van der Waals surface area contributed by atoms with E-state index in [1.54, 1.807) is 16.8 Å². The van der Waals surface area contributed by atoms with Gasteiger partial charge in [-0.15, -0.1) is 5.10 Å². The van der Waals surface area contributed by atoms with E-state index < -0.39 is 0 Å². The molecule has 2 aromatic rings. The Balaban J connectivity index is 1.72. The molecule has 0 aliphatic heterocycles. The van der Waals surface area contributed by atoms with E-state index in [4.69, 9.17) is 16.3 Å². The molecule has 0 unspecified atom stereocenters. The molecule has 0 atom stereocenters. The van der Waals surface area contributed by atoms with Crippen molar-refractivity contribution in [2.24, 2.45) is 0 Å². The van der Waals surface area contributed by atoms with Crippen LogP contribution in [-0.4, -0.2) is 27.4 Å². The summed E-state index contributed by atoms with van der Waals surface area (Å²) < 4.78 is 7.38. The zero-order chi connectivity index (χ0) is 15.2. The Morgan fingerprint density at radius 2 is 2.00 bits per heavy atom. The fraction of sp³-hybridized carbons (Fsp3) is 0.400. The lowest BCUT2D eigenvalue weighted by Crippen LogP contribution is -2.06. The number of aromatic nitrogens is 3. The average molecular weight is 308 g/mol. The number of benzene rings is 1. The molecule has 0 saturated carbocycles. The maximum atomic E-state index is 11.3. The van der Waals surface area contributed by atoms with Crippen LogP contribution >= 0.6 is 11.6 Å². The molecule has 0 aliphatic carbocycles. The fourth-order valence-corrected chi connectivity index (χ4v) is 2.11. The molecule has 1 heterocycles. The van der Waals surface area contributed by atoms with Gasteiger partial charge in [-0.2, -0.15) is 0 Å². The summed E-state index contributed by atoms with van der Waals surface area (Å²) in [6, 6.07) is 7.31. The van der Waals surface area contributed by atoms with E-state index in [9.17, 15) is 4.79 Å². The highest BCUT2D eigenvalue weighted by molar-refractivity contribution is 6.30. The highest BCUT2D eigenvalue weighted by atomic mass is 35.5. The van der Waals surface area contributed by atoms with Gasteiger partial charge >= 0.3 is 0 Å². The summed E-state index contributed by atoms with van der Waals surface area (Å²) in [5, 5.41) is 8.58. The van der Waals surface area contributed by atoms with Crippen molar-refractivity contribution in [1.82, 2.24) is 15.0 Å². The van der Waals surface area contributed by atoms with Crippen LogP contribution in [0.25, 0.3) is 0 Å². The second kappa shape index (κ2) is 7.22. The second-order valence-corrected chi connectivity index (χ2v) is 5.25. The molecule has 0 aliphatic rings. The van der Waals surface area contributed by atoms with Gasteiger partial charge in [-0.1, -0.05) is 16.8 Å². The third-order valence-electron chi connectivity index (χ3n) is 3.16. The number of carbonyl (C=O) groups excluding carboxylic acids is 1. The van der Waals surface area contributed by atoms with E-state index in [0.29, 0.717) is 17.3 Å². The lowest BCUT2D eigenvalue weighted by atomic mass is 10.2. The monoisotopic (exact) mass is 307 g/mol. The van der Waals surface area contributed by atoms with Crippen LogP contribution in [0.1, 0.15) is 35.9 Å². The predicted octanol–water partition coefficient (Wildman–Crippen LogP) is 3.30. The Bertz CT molecular complexity index is 608. The van der Waals surface area contributed by atoms with Crippen molar-refractivity contribution < 1.29 is 9.53 Å². The first-order valence-corrected chi connectivity index (χ1v) is 7.25. The average Bonchev–Trinajstić information content (AvgIpc) is 2.82. The van der Waals surface area contributed by atoms with E-state index in [1.807, 2.05) is 19.1 Å². The zero-order valence-electron chi connectivity index (χ0n) is 12.2. The highest BCUT2D eigenvalue weighted by Gasteiger charge is 2.11. The number of hydrogen-bond donors (Lipinski definition) is 0. The smallest absolute Gasteiger partial charge is 0.181 e. The number of rotatable bonds is 7. The third kappa shape index (κ3) is 4.29. The SMILES string of the molecule is CC(=O)c1nnn(CCCCOc2ccc(Cl)cc2)c1C. The van der Waals surface area contributed by atoms with Gasteiger partial charge in [-0.25, -0.2) is 4.68 Å². The first-order chi connectivity index (χ1) is 10.1. The number of halogens is 1. The van der Waals surface area contributed by atoms with Crippen LogP contribution in [0.15, 0.2) is 24.3 Å². The van der Waals surface area contributed by atoms with Crippen molar-refractivity contribution in [3.05, 3.63) is 40.7 Å². The molecule has 1 aromatic carbocycles. The summed E-state index contributed by atoms with van der Waals surface area (Å²) in [6.07, 6.45) is 1.81. The standard InChI is InChI=1S/C15H18ClN3O2/c1-11-15(12(2)20)17-18-19(11)9-3-4-10-21-14-7-5-13(16)6-8-14/h5-8H,3-4,9-10H2,1-2H3. The second-order valence-electron chi connectivity index (χ2n) is 4.81. The Morgan fingerprint density at radius 3 is 2.62 bits per heavy atom. The summed E-state index contributed by atoms with van der Waals surface area (Å²) in [7, 11) is 0. The minimum Gasteiger partial charge on any atom is -0.494 e. The number of nitrogens with zero attached hydrogens (tertiary/aromatic N) is 3. The van der Waals surface area contributed by atoms with Gasteiger partial charge in [0.05, 0.1) is 12.3 Å². The Morgan fingerprint density at radius 1 is 1.29 bits per heavy atom. The lowest BCUT2D eigenvalue weighted by molar-refractivity contribution is 0.101. The maximum Gasteiger partial charge on any atom is 0.181 e. The minimum atomic E-state index is -0.0511. The number of carbonyl (C=O) groups is 1. The van der Waals surface area contributed by atoms with Crippen molar-refractivity contribution in [3.8, 4) is 5.75 Å². The lowest BCUT2D eigenvalue weighted by Gasteiger charge is -2.06. The van der Waals surface area contributed by atoms with Gasteiger partial charge in [0.1, 0.15) is 5.75 Å². The molecule has 6 heteroatoms. The molecule has 5 nitrogen and oxygen atoms in total. The topological polar surface area (TPSA) is 57.0 Å². The van der Waals surface area contributed by atoms with Crippen molar-refractivity contribution in [3.63, 3.8) is 0 Å². The molecule has 1 aromatic heterocycles. The molecule has 0 saturated heterocycles. The molecule has 0 spiro atoms. The van der Waals surface area contributed by atoms with Crippen LogP contribution in [-0.2, 0) is 6.54 Å². The van der Waals surface area contributed by atoms with Crippen LogP contribution in [0.3, 0.4) is 0 Å². The Hall–Kier alpha value is -1.88. The summed E-state index contributed by atoms with van der Waals surface area (Å²) in [4.78, 5) is 11.3. The van der Waals surface area contributed by atoms with Gasteiger partial charge in [0.15, 0.2) is 11.5 Å². The van der Waals surface area contributed by atoms with Crippen LogP contribution in [0.2, 0.25) is 5.02 Å². The molecule has 0 bridgehead atoms. The highest BCUT2D eigenvalue weighted by Crippen LogP contribution is 2.15. The van der Waals surface area contributed by atoms with Gasteiger partial charge in [-0.3, -0.25) is 4.79 Å². The van der Waals surface area contributed by atoms with Crippen LogP contribution < -0.4 is 4.74 Å². The Labute approximate surface area is 128 Å². The van der Waals surface area contributed by atoms with Crippen molar-refractivity contribution in [1.29, 1.82) is 0 Å².